The summed E-state index contributed by atoms with van der Waals surface area (Å²) < 4.78 is 9.29. The van der Waals surface area contributed by atoms with Gasteiger partial charge in [-0.1, -0.05) is 17.3 Å². The largest absolute Gasteiger partial charge is 0.372 e. The molecule has 1 saturated heterocycles. The summed E-state index contributed by atoms with van der Waals surface area (Å²) >= 11 is 0. The number of aromatic nitrogens is 5. The molecule has 0 unspecified atom stereocenters. The third-order valence-electron chi connectivity index (χ3n) is 4.64. The molecule has 1 aliphatic heterocycles. The number of benzene rings is 1. The molecule has 0 aliphatic carbocycles. The van der Waals surface area contributed by atoms with Crippen molar-refractivity contribution < 1.29 is 9.53 Å². The first kappa shape index (κ1) is 15.8. The summed E-state index contributed by atoms with van der Waals surface area (Å²) in [6.45, 7) is 1.43. The average molecular weight is 340 g/mol. The van der Waals surface area contributed by atoms with Gasteiger partial charge in [0.05, 0.1) is 11.2 Å². The molecule has 1 amide bonds. The second kappa shape index (κ2) is 6.64. The smallest absolute Gasteiger partial charge is 0.241 e. The molecule has 8 nitrogen and oxygen atoms in total. The molecule has 8 heteroatoms. The number of carbonyl (C=O) groups is 1. The van der Waals surface area contributed by atoms with Gasteiger partial charge in [0.2, 0.25) is 5.91 Å². The van der Waals surface area contributed by atoms with Crippen molar-refractivity contribution in [1.29, 1.82) is 0 Å². The predicted molar refractivity (Wildman–Crippen MR) is 90.5 cm³/mol. The van der Waals surface area contributed by atoms with E-state index in [2.05, 4.69) is 20.7 Å². The van der Waals surface area contributed by atoms with Crippen molar-refractivity contribution >= 4 is 16.9 Å². The highest BCUT2D eigenvalue weighted by Crippen LogP contribution is 2.33. The SMILES string of the molecule is Cn1nccc1[C@@H]1OCC[C@H]1CNC(=O)Cn1nnc2ccccc21. The van der Waals surface area contributed by atoms with Crippen LogP contribution in [0.25, 0.3) is 11.0 Å². The van der Waals surface area contributed by atoms with E-state index in [0.29, 0.717) is 13.2 Å². The van der Waals surface area contributed by atoms with E-state index >= 15 is 0 Å². The molecule has 0 spiro atoms. The van der Waals surface area contributed by atoms with Crippen LogP contribution >= 0.6 is 0 Å². The molecular formula is C17H20N6O2. The molecule has 3 aromatic rings. The summed E-state index contributed by atoms with van der Waals surface area (Å²) in [7, 11) is 1.91. The van der Waals surface area contributed by atoms with Crippen molar-refractivity contribution in [1.82, 2.24) is 30.1 Å². The second-order valence-corrected chi connectivity index (χ2v) is 6.26. The number of amides is 1. The summed E-state index contributed by atoms with van der Waals surface area (Å²) in [6, 6.07) is 9.57. The molecule has 0 radical (unpaired) electrons. The van der Waals surface area contributed by atoms with Crippen LogP contribution in [0, 0.1) is 5.92 Å². The molecule has 3 heterocycles. The lowest BCUT2D eigenvalue weighted by Crippen LogP contribution is -2.33. The third-order valence-corrected chi connectivity index (χ3v) is 4.64. The molecule has 4 rings (SSSR count). The van der Waals surface area contributed by atoms with Gasteiger partial charge in [0.25, 0.3) is 0 Å². The summed E-state index contributed by atoms with van der Waals surface area (Å²) in [5.74, 6) is 0.165. The number of carbonyl (C=O) groups excluding carboxylic acids is 1. The zero-order valence-electron chi connectivity index (χ0n) is 14.0. The van der Waals surface area contributed by atoms with Crippen molar-refractivity contribution in [2.24, 2.45) is 13.0 Å². The van der Waals surface area contributed by atoms with Crippen molar-refractivity contribution in [3.8, 4) is 0 Å². The first-order chi connectivity index (χ1) is 12.2. The van der Waals surface area contributed by atoms with E-state index < -0.39 is 0 Å². The maximum Gasteiger partial charge on any atom is 0.241 e. The van der Waals surface area contributed by atoms with E-state index in [-0.39, 0.29) is 24.5 Å². The van der Waals surface area contributed by atoms with Gasteiger partial charge >= 0.3 is 0 Å². The van der Waals surface area contributed by atoms with Crippen molar-refractivity contribution in [2.45, 2.75) is 19.1 Å². The van der Waals surface area contributed by atoms with Gasteiger partial charge in [-0.2, -0.15) is 5.10 Å². The van der Waals surface area contributed by atoms with Gasteiger partial charge < -0.3 is 10.1 Å². The fraction of sp³-hybridized carbons (Fsp3) is 0.412. The van der Waals surface area contributed by atoms with Crippen molar-refractivity contribution in [3.63, 3.8) is 0 Å². The number of ether oxygens (including phenoxy) is 1. The van der Waals surface area contributed by atoms with Gasteiger partial charge in [0.1, 0.15) is 18.2 Å². The lowest BCUT2D eigenvalue weighted by atomic mass is 9.99. The number of rotatable bonds is 5. The Hall–Kier alpha value is -2.74. The van der Waals surface area contributed by atoms with Gasteiger partial charge in [-0.05, 0) is 24.6 Å². The number of hydrogen-bond donors (Lipinski definition) is 1. The zero-order chi connectivity index (χ0) is 17.2. The highest BCUT2D eigenvalue weighted by molar-refractivity contribution is 5.79. The van der Waals surface area contributed by atoms with Crippen LogP contribution in [0.4, 0.5) is 0 Å². The molecule has 25 heavy (non-hydrogen) atoms. The molecule has 2 atom stereocenters. The lowest BCUT2D eigenvalue weighted by molar-refractivity contribution is -0.122. The Morgan fingerprint density at radius 1 is 1.36 bits per heavy atom. The summed E-state index contributed by atoms with van der Waals surface area (Å²) in [5, 5.41) is 15.3. The zero-order valence-corrected chi connectivity index (χ0v) is 14.0. The Morgan fingerprint density at radius 3 is 3.08 bits per heavy atom. The highest BCUT2D eigenvalue weighted by atomic mass is 16.5. The number of fused-ring (bicyclic) bond motifs is 1. The fourth-order valence-electron chi connectivity index (χ4n) is 3.30. The van der Waals surface area contributed by atoms with Gasteiger partial charge in [0.15, 0.2) is 0 Å². The van der Waals surface area contributed by atoms with Gasteiger partial charge in [0, 0.05) is 32.3 Å². The van der Waals surface area contributed by atoms with Gasteiger partial charge in [-0.3, -0.25) is 9.48 Å². The number of nitrogens with zero attached hydrogens (tertiary/aromatic N) is 5. The van der Waals surface area contributed by atoms with E-state index in [9.17, 15) is 4.79 Å². The molecule has 1 N–H and O–H groups in total. The Labute approximate surface area is 144 Å². The topological polar surface area (TPSA) is 86.9 Å². The summed E-state index contributed by atoms with van der Waals surface area (Å²) in [5.41, 5.74) is 2.68. The molecule has 2 aromatic heterocycles. The average Bonchev–Trinajstić information content (AvgIpc) is 3.33. The second-order valence-electron chi connectivity index (χ2n) is 6.26. The molecular weight excluding hydrogens is 320 g/mol. The molecule has 130 valence electrons. The number of aryl methyl sites for hydroxylation is 1. The van der Waals surface area contributed by atoms with E-state index in [0.717, 1.165) is 23.1 Å². The predicted octanol–water partition coefficient (Wildman–Crippen LogP) is 1.06. The van der Waals surface area contributed by atoms with Gasteiger partial charge in [-0.15, -0.1) is 5.10 Å². The minimum absolute atomic E-state index is 0.0278. The number of hydrogen-bond acceptors (Lipinski definition) is 5. The maximum atomic E-state index is 12.3. The maximum absolute atomic E-state index is 12.3. The quantitative estimate of drug-likeness (QED) is 0.750. The van der Waals surface area contributed by atoms with Crippen LogP contribution in [-0.2, 0) is 23.1 Å². The van der Waals surface area contributed by atoms with Crippen LogP contribution in [0.15, 0.2) is 36.5 Å². The monoisotopic (exact) mass is 340 g/mol. The molecule has 1 aliphatic rings. The van der Waals surface area contributed by atoms with Crippen LogP contribution in [-0.4, -0.2) is 43.8 Å². The Morgan fingerprint density at radius 2 is 2.24 bits per heavy atom. The minimum atomic E-state index is -0.0775. The number of nitrogens with one attached hydrogen (secondary N) is 1. The van der Waals surface area contributed by atoms with E-state index in [1.165, 1.54) is 0 Å². The van der Waals surface area contributed by atoms with E-state index in [1.807, 2.05) is 42.1 Å². The summed E-state index contributed by atoms with van der Waals surface area (Å²) in [4.78, 5) is 12.3. The van der Waals surface area contributed by atoms with E-state index in [4.69, 9.17) is 4.74 Å². The Bertz CT molecular complexity index is 886. The number of para-hydroxylation sites is 1. The first-order valence-corrected chi connectivity index (χ1v) is 8.37. The normalized spacial score (nSPS) is 20.2. The van der Waals surface area contributed by atoms with Crippen molar-refractivity contribution in [2.75, 3.05) is 13.2 Å². The molecule has 0 bridgehead atoms. The molecule has 1 aromatic carbocycles. The Balaban J connectivity index is 1.38. The minimum Gasteiger partial charge on any atom is -0.372 e. The van der Waals surface area contributed by atoms with Crippen LogP contribution in [0.3, 0.4) is 0 Å². The first-order valence-electron chi connectivity index (χ1n) is 8.37. The van der Waals surface area contributed by atoms with Crippen LogP contribution < -0.4 is 5.32 Å². The molecule has 1 fully saturated rings. The lowest BCUT2D eigenvalue weighted by Gasteiger charge is -2.19. The highest BCUT2D eigenvalue weighted by Gasteiger charge is 2.31. The standard InChI is InChI=1S/C17H20N6O2/c1-22-15(6-8-19-22)17-12(7-9-25-17)10-18-16(24)11-23-14-5-3-2-4-13(14)20-21-23/h2-6,8,12,17H,7,9-11H2,1H3,(H,18,24)/t12-,17+/m0/s1. The van der Waals surface area contributed by atoms with Crippen LogP contribution in [0.2, 0.25) is 0 Å². The Kier molecular flexibility index (Phi) is 4.19. The van der Waals surface area contributed by atoms with Crippen LogP contribution in [0.5, 0.6) is 0 Å². The molecule has 0 saturated carbocycles. The van der Waals surface area contributed by atoms with Crippen molar-refractivity contribution in [3.05, 3.63) is 42.2 Å². The van der Waals surface area contributed by atoms with Gasteiger partial charge in [-0.25, -0.2) is 4.68 Å². The van der Waals surface area contributed by atoms with Crippen LogP contribution in [0.1, 0.15) is 18.2 Å². The third kappa shape index (κ3) is 3.12. The fourth-order valence-corrected chi connectivity index (χ4v) is 3.30. The summed E-state index contributed by atoms with van der Waals surface area (Å²) in [6.07, 6.45) is 2.66. The van der Waals surface area contributed by atoms with E-state index in [1.54, 1.807) is 10.9 Å².